The molecule has 0 fully saturated rings. The molecule has 0 aliphatic rings. The van der Waals surface area contributed by atoms with Crippen molar-refractivity contribution in [1.82, 2.24) is 4.98 Å². The van der Waals surface area contributed by atoms with Crippen LogP contribution in [0.5, 0.6) is 0 Å². The van der Waals surface area contributed by atoms with E-state index in [9.17, 15) is 0 Å². The highest BCUT2D eigenvalue weighted by Crippen LogP contribution is 2.28. The number of ether oxygens (including phenoxy) is 1. The van der Waals surface area contributed by atoms with Crippen LogP contribution < -0.4 is 10.6 Å². The number of aryl methyl sites for hydroxylation is 1. The minimum atomic E-state index is 0.524. The Morgan fingerprint density at radius 2 is 2.06 bits per heavy atom. The Morgan fingerprint density at radius 1 is 1.39 bits per heavy atom. The third-order valence-electron chi connectivity index (χ3n) is 3.23. The highest BCUT2D eigenvalue weighted by Gasteiger charge is 2.19. The lowest BCUT2D eigenvalue weighted by atomic mass is 10.1. The van der Waals surface area contributed by atoms with Crippen LogP contribution in [0.2, 0.25) is 0 Å². The number of nitrogens with zero attached hydrogens (tertiary/aromatic N) is 2. The Hall–Kier alpha value is -0.650. The number of rotatable bonds is 8. The van der Waals surface area contributed by atoms with Crippen molar-refractivity contribution >= 4 is 16.5 Å². The standard InChI is InChI=1S/C13H25N3OS/c1-5-11(6-2)16(7-8-17-4)13-15-10(3)12(9-14)18-13/h11H,5-9,14H2,1-4H3. The summed E-state index contributed by atoms with van der Waals surface area (Å²) in [7, 11) is 1.74. The van der Waals surface area contributed by atoms with Crippen molar-refractivity contribution in [3.05, 3.63) is 10.6 Å². The van der Waals surface area contributed by atoms with E-state index in [2.05, 4.69) is 23.7 Å². The van der Waals surface area contributed by atoms with Gasteiger partial charge in [-0.1, -0.05) is 13.8 Å². The topological polar surface area (TPSA) is 51.4 Å². The van der Waals surface area contributed by atoms with Crippen molar-refractivity contribution in [3.8, 4) is 0 Å². The normalized spacial score (nSPS) is 11.2. The fraction of sp³-hybridized carbons (Fsp3) is 0.769. The molecule has 0 amide bonds. The van der Waals surface area contributed by atoms with Crippen LogP contribution in [0.1, 0.15) is 37.3 Å². The van der Waals surface area contributed by atoms with Crippen LogP contribution in [0.3, 0.4) is 0 Å². The Kier molecular flexibility index (Phi) is 6.60. The molecule has 1 heterocycles. The third kappa shape index (κ3) is 3.67. The maximum Gasteiger partial charge on any atom is 0.186 e. The number of methoxy groups -OCH3 is 1. The largest absolute Gasteiger partial charge is 0.383 e. The Bertz CT molecular complexity index is 350. The fourth-order valence-electron chi connectivity index (χ4n) is 2.08. The molecule has 0 saturated carbocycles. The molecule has 104 valence electrons. The van der Waals surface area contributed by atoms with Crippen LogP contribution in [0.4, 0.5) is 5.13 Å². The zero-order valence-corrected chi connectivity index (χ0v) is 12.7. The van der Waals surface area contributed by atoms with Crippen molar-refractivity contribution in [3.63, 3.8) is 0 Å². The highest BCUT2D eigenvalue weighted by atomic mass is 32.1. The van der Waals surface area contributed by atoms with Crippen molar-refractivity contribution in [2.45, 2.75) is 46.2 Å². The van der Waals surface area contributed by atoms with Crippen LogP contribution in [0.25, 0.3) is 0 Å². The lowest BCUT2D eigenvalue weighted by molar-refractivity contribution is 0.202. The molecule has 2 N–H and O–H groups in total. The van der Waals surface area contributed by atoms with Crippen molar-refractivity contribution in [2.24, 2.45) is 5.73 Å². The molecule has 4 nitrogen and oxygen atoms in total. The van der Waals surface area contributed by atoms with Crippen molar-refractivity contribution < 1.29 is 4.74 Å². The molecule has 0 spiro atoms. The molecule has 5 heteroatoms. The van der Waals surface area contributed by atoms with Crippen LogP contribution in [0, 0.1) is 6.92 Å². The van der Waals surface area contributed by atoms with Gasteiger partial charge in [-0.15, -0.1) is 11.3 Å². The minimum absolute atomic E-state index is 0.524. The first-order valence-corrected chi connectivity index (χ1v) is 7.41. The first-order chi connectivity index (χ1) is 8.67. The lowest BCUT2D eigenvalue weighted by Crippen LogP contribution is -2.37. The summed E-state index contributed by atoms with van der Waals surface area (Å²) >= 11 is 1.71. The maximum atomic E-state index is 5.73. The third-order valence-corrected chi connectivity index (χ3v) is 4.45. The van der Waals surface area contributed by atoms with Gasteiger partial charge in [0, 0.05) is 31.1 Å². The van der Waals surface area contributed by atoms with Gasteiger partial charge >= 0.3 is 0 Å². The molecule has 0 aliphatic heterocycles. The summed E-state index contributed by atoms with van der Waals surface area (Å²) in [5.41, 5.74) is 6.79. The number of hydrogen-bond acceptors (Lipinski definition) is 5. The molecule has 0 radical (unpaired) electrons. The Morgan fingerprint density at radius 3 is 2.50 bits per heavy atom. The smallest absolute Gasteiger partial charge is 0.186 e. The number of hydrogen-bond donors (Lipinski definition) is 1. The van der Waals surface area contributed by atoms with Gasteiger partial charge in [0.05, 0.1) is 12.3 Å². The van der Waals surface area contributed by atoms with E-state index >= 15 is 0 Å². The summed E-state index contributed by atoms with van der Waals surface area (Å²) < 4.78 is 5.21. The summed E-state index contributed by atoms with van der Waals surface area (Å²) in [4.78, 5) is 8.20. The second-order valence-corrected chi connectivity index (χ2v) is 5.43. The molecule has 0 unspecified atom stereocenters. The zero-order valence-electron chi connectivity index (χ0n) is 11.9. The van der Waals surface area contributed by atoms with E-state index < -0.39 is 0 Å². The number of anilines is 1. The monoisotopic (exact) mass is 271 g/mol. The first kappa shape index (κ1) is 15.4. The Labute approximate surface area is 114 Å². The van der Waals surface area contributed by atoms with E-state index in [-0.39, 0.29) is 0 Å². The summed E-state index contributed by atoms with van der Waals surface area (Å²) in [6.45, 7) is 8.66. The SMILES string of the molecule is CCC(CC)N(CCOC)c1nc(C)c(CN)s1. The van der Waals surface area contributed by atoms with Gasteiger partial charge in [0.25, 0.3) is 0 Å². The molecule has 18 heavy (non-hydrogen) atoms. The van der Waals surface area contributed by atoms with E-state index in [0.29, 0.717) is 12.6 Å². The predicted octanol–water partition coefficient (Wildman–Crippen LogP) is 2.55. The van der Waals surface area contributed by atoms with Gasteiger partial charge in [0.2, 0.25) is 0 Å². The van der Waals surface area contributed by atoms with Gasteiger partial charge in [-0.05, 0) is 19.8 Å². The summed E-state index contributed by atoms with van der Waals surface area (Å²) in [6.07, 6.45) is 2.24. The van der Waals surface area contributed by atoms with Gasteiger partial charge in [-0.25, -0.2) is 4.98 Å². The summed E-state index contributed by atoms with van der Waals surface area (Å²) in [6, 6.07) is 0.524. The molecular weight excluding hydrogens is 246 g/mol. The minimum Gasteiger partial charge on any atom is -0.383 e. The maximum absolute atomic E-state index is 5.73. The van der Waals surface area contributed by atoms with Crippen LogP contribution in [-0.2, 0) is 11.3 Å². The molecule has 0 bridgehead atoms. The van der Waals surface area contributed by atoms with Crippen molar-refractivity contribution in [1.29, 1.82) is 0 Å². The van der Waals surface area contributed by atoms with E-state index in [1.54, 1.807) is 18.4 Å². The number of thiazole rings is 1. The van der Waals surface area contributed by atoms with E-state index in [1.807, 2.05) is 6.92 Å². The predicted molar refractivity (Wildman–Crippen MR) is 78.3 cm³/mol. The second kappa shape index (κ2) is 7.71. The molecular formula is C13H25N3OS. The lowest BCUT2D eigenvalue weighted by Gasteiger charge is -2.30. The molecule has 0 aromatic carbocycles. The molecule has 0 saturated heterocycles. The molecule has 1 aromatic heterocycles. The van der Waals surface area contributed by atoms with Gasteiger partial charge in [-0.3, -0.25) is 0 Å². The Balaban J connectivity index is 2.92. The fourth-order valence-corrected chi connectivity index (χ4v) is 3.12. The quantitative estimate of drug-likeness (QED) is 0.789. The summed E-state index contributed by atoms with van der Waals surface area (Å²) in [5, 5.41) is 1.08. The number of aromatic nitrogens is 1. The number of nitrogens with two attached hydrogens (primary N) is 1. The van der Waals surface area contributed by atoms with E-state index in [0.717, 1.165) is 36.8 Å². The molecule has 0 atom stereocenters. The van der Waals surface area contributed by atoms with E-state index in [4.69, 9.17) is 10.5 Å². The average molecular weight is 271 g/mol. The van der Waals surface area contributed by atoms with Gasteiger partial charge in [0.15, 0.2) is 5.13 Å². The van der Waals surface area contributed by atoms with Gasteiger partial charge in [0.1, 0.15) is 0 Å². The average Bonchev–Trinajstić information content (AvgIpc) is 2.75. The molecule has 1 rings (SSSR count). The highest BCUT2D eigenvalue weighted by molar-refractivity contribution is 7.15. The van der Waals surface area contributed by atoms with Crippen LogP contribution >= 0.6 is 11.3 Å². The van der Waals surface area contributed by atoms with Crippen LogP contribution in [0.15, 0.2) is 0 Å². The summed E-state index contributed by atoms with van der Waals surface area (Å²) in [5.74, 6) is 0. The van der Waals surface area contributed by atoms with Crippen molar-refractivity contribution in [2.75, 3.05) is 25.2 Å². The molecule has 1 aromatic rings. The van der Waals surface area contributed by atoms with Gasteiger partial charge in [-0.2, -0.15) is 0 Å². The van der Waals surface area contributed by atoms with E-state index in [1.165, 1.54) is 4.88 Å². The van der Waals surface area contributed by atoms with Gasteiger partial charge < -0.3 is 15.4 Å². The second-order valence-electron chi connectivity index (χ2n) is 4.37. The zero-order chi connectivity index (χ0) is 13.5. The molecule has 0 aliphatic carbocycles. The first-order valence-electron chi connectivity index (χ1n) is 6.59. The van der Waals surface area contributed by atoms with Crippen LogP contribution in [-0.4, -0.2) is 31.3 Å².